The number of carboxylic acid groups (broad SMARTS) is 1. The van der Waals surface area contributed by atoms with Crippen LogP contribution < -0.4 is 5.32 Å². The Morgan fingerprint density at radius 3 is 1.96 bits per heavy atom. The number of aliphatic carboxylic acids is 1. The first kappa shape index (κ1) is 18.4. The molecule has 2 heterocycles. The molecule has 1 saturated heterocycles. The van der Waals surface area contributed by atoms with Gasteiger partial charge in [-0.2, -0.15) is 0 Å². The number of ether oxygens (including phenoxy) is 1. The van der Waals surface area contributed by atoms with E-state index >= 15 is 0 Å². The molecule has 0 aliphatic carbocycles. The van der Waals surface area contributed by atoms with E-state index in [-0.39, 0.29) is 11.8 Å². The number of carboxylic acids is 1. The standard InChI is InChI=1S/C23H23NO4/c25-22(20-18-11-12-19(28-18)21(20)23(26)27)24-14-13-17(15-7-3-1-4-8-15)16-9-5-2-6-10-16/h1-12,17-21H,13-14H2,(H,24,25)(H,26,27)/t18-,19+,20-,21+/m1/s1. The number of fused-ring (bicyclic) bond motifs is 2. The number of carbonyl (C=O) groups is 2. The zero-order chi connectivity index (χ0) is 19.5. The Hall–Kier alpha value is -2.92. The highest BCUT2D eigenvalue weighted by Gasteiger charge is 2.53. The topological polar surface area (TPSA) is 75.6 Å². The minimum absolute atomic E-state index is 0.161. The summed E-state index contributed by atoms with van der Waals surface area (Å²) >= 11 is 0. The van der Waals surface area contributed by atoms with E-state index in [0.29, 0.717) is 6.54 Å². The fourth-order valence-electron chi connectivity index (χ4n) is 4.27. The molecule has 5 nitrogen and oxygen atoms in total. The predicted octanol–water partition coefficient (Wildman–Crippen LogP) is 2.98. The van der Waals surface area contributed by atoms with Gasteiger partial charge in [0.25, 0.3) is 0 Å². The molecule has 1 fully saturated rings. The molecule has 0 unspecified atom stereocenters. The van der Waals surface area contributed by atoms with Gasteiger partial charge in [0.2, 0.25) is 5.91 Å². The van der Waals surface area contributed by atoms with Gasteiger partial charge in [-0.15, -0.1) is 0 Å². The summed E-state index contributed by atoms with van der Waals surface area (Å²) in [6, 6.07) is 20.4. The lowest BCUT2D eigenvalue weighted by atomic mass is 9.82. The monoisotopic (exact) mass is 377 g/mol. The molecule has 0 radical (unpaired) electrons. The molecule has 144 valence electrons. The predicted molar refractivity (Wildman–Crippen MR) is 105 cm³/mol. The van der Waals surface area contributed by atoms with E-state index in [2.05, 4.69) is 29.6 Å². The highest BCUT2D eigenvalue weighted by molar-refractivity contribution is 5.87. The first-order valence-corrected chi connectivity index (χ1v) is 9.59. The number of amides is 1. The second-order valence-electron chi connectivity index (χ2n) is 7.29. The van der Waals surface area contributed by atoms with Gasteiger partial charge in [-0.05, 0) is 17.5 Å². The highest BCUT2D eigenvalue weighted by atomic mass is 16.5. The summed E-state index contributed by atoms with van der Waals surface area (Å²) in [5.74, 6) is -2.55. The van der Waals surface area contributed by atoms with Crippen molar-refractivity contribution >= 4 is 11.9 Å². The third-order valence-electron chi connectivity index (χ3n) is 5.62. The Morgan fingerprint density at radius 1 is 0.893 bits per heavy atom. The molecule has 2 bridgehead atoms. The van der Waals surface area contributed by atoms with Gasteiger partial charge in [0.15, 0.2) is 0 Å². The van der Waals surface area contributed by atoms with E-state index in [0.717, 1.165) is 6.42 Å². The lowest BCUT2D eigenvalue weighted by Gasteiger charge is -2.22. The van der Waals surface area contributed by atoms with Crippen LogP contribution in [0.1, 0.15) is 23.5 Å². The van der Waals surface area contributed by atoms with Crippen molar-refractivity contribution < 1.29 is 19.4 Å². The van der Waals surface area contributed by atoms with Crippen LogP contribution in [0.3, 0.4) is 0 Å². The van der Waals surface area contributed by atoms with Crippen molar-refractivity contribution in [1.29, 1.82) is 0 Å². The molecule has 4 atom stereocenters. The molecular formula is C23H23NO4. The second-order valence-corrected chi connectivity index (χ2v) is 7.29. The minimum atomic E-state index is -0.983. The van der Waals surface area contributed by atoms with Crippen LogP contribution in [0.2, 0.25) is 0 Å². The Bertz CT molecular complexity index is 825. The van der Waals surface area contributed by atoms with Crippen molar-refractivity contribution in [3.05, 3.63) is 83.9 Å². The van der Waals surface area contributed by atoms with Crippen LogP contribution in [0, 0.1) is 11.8 Å². The molecule has 2 N–H and O–H groups in total. The molecule has 0 spiro atoms. The number of benzene rings is 2. The number of hydrogen-bond acceptors (Lipinski definition) is 3. The van der Waals surface area contributed by atoms with Crippen molar-refractivity contribution in [1.82, 2.24) is 5.32 Å². The Morgan fingerprint density at radius 2 is 1.43 bits per heavy atom. The number of nitrogens with one attached hydrogen (secondary N) is 1. The molecule has 4 rings (SSSR count). The maximum absolute atomic E-state index is 12.7. The summed E-state index contributed by atoms with van der Waals surface area (Å²) in [5, 5.41) is 12.4. The molecule has 2 aliphatic rings. The van der Waals surface area contributed by atoms with E-state index in [1.165, 1.54) is 11.1 Å². The van der Waals surface area contributed by atoms with Gasteiger partial charge >= 0.3 is 5.97 Å². The van der Waals surface area contributed by atoms with Crippen LogP contribution in [0.5, 0.6) is 0 Å². The van der Waals surface area contributed by atoms with Crippen LogP contribution in [0.4, 0.5) is 0 Å². The molecule has 5 heteroatoms. The van der Waals surface area contributed by atoms with E-state index in [9.17, 15) is 14.7 Å². The minimum Gasteiger partial charge on any atom is -0.481 e. The van der Waals surface area contributed by atoms with Gasteiger partial charge in [-0.3, -0.25) is 9.59 Å². The second kappa shape index (κ2) is 7.98. The van der Waals surface area contributed by atoms with Gasteiger partial charge in [0, 0.05) is 12.5 Å². The first-order chi connectivity index (χ1) is 13.6. The smallest absolute Gasteiger partial charge is 0.310 e. The van der Waals surface area contributed by atoms with Crippen LogP contribution in [0.15, 0.2) is 72.8 Å². The van der Waals surface area contributed by atoms with Gasteiger partial charge in [0.05, 0.1) is 18.1 Å². The summed E-state index contributed by atoms with van der Waals surface area (Å²) in [6.45, 7) is 0.469. The number of carbonyl (C=O) groups excluding carboxylic acids is 1. The third kappa shape index (κ3) is 3.58. The summed E-state index contributed by atoms with van der Waals surface area (Å²) in [4.78, 5) is 24.3. The van der Waals surface area contributed by atoms with Gasteiger partial charge in [-0.1, -0.05) is 72.8 Å². The van der Waals surface area contributed by atoms with Crippen molar-refractivity contribution in [2.75, 3.05) is 6.54 Å². The molecular weight excluding hydrogens is 354 g/mol. The van der Waals surface area contributed by atoms with E-state index in [1.54, 1.807) is 12.2 Å². The van der Waals surface area contributed by atoms with Gasteiger partial charge in [-0.25, -0.2) is 0 Å². The van der Waals surface area contributed by atoms with Crippen molar-refractivity contribution in [2.45, 2.75) is 24.5 Å². The third-order valence-corrected chi connectivity index (χ3v) is 5.62. The molecule has 28 heavy (non-hydrogen) atoms. The first-order valence-electron chi connectivity index (χ1n) is 9.59. The average Bonchev–Trinajstić information content (AvgIpc) is 3.34. The summed E-state index contributed by atoms with van der Waals surface area (Å²) < 4.78 is 5.59. The fourth-order valence-corrected chi connectivity index (χ4v) is 4.27. The Kier molecular flexibility index (Phi) is 5.26. The van der Waals surface area contributed by atoms with E-state index < -0.39 is 30.0 Å². The van der Waals surface area contributed by atoms with E-state index in [1.807, 2.05) is 36.4 Å². The quantitative estimate of drug-likeness (QED) is 0.728. The summed E-state index contributed by atoms with van der Waals surface area (Å²) in [5.41, 5.74) is 2.38. The zero-order valence-electron chi connectivity index (χ0n) is 15.4. The maximum Gasteiger partial charge on any atom is 0.310 e. The van der Waals surface area contributed by atoms with Gasteiger partial charge < -0.3 is 15.2 Å². The maximum atomic E-state index is 12.7. The summed E-state index contributed by atoms with van der Waals surface area (Å²) in [6.07, 6.45) is 3.33. The molecule has 0 saturated carbocycles. The summed E-state index contributed by atoms with van der Waals surface area (Å²) in [7, 11) is 0. The molecule has 0 aromatic heterocycles. The fraction of sp³-hybridized carbons (Fsp3) is 0.304. The largest absolute Gasteiger partial charge is 0.481 e. The van der Waals surface area contributed by atoms with Crippen LogP contribution in [-0.4, -0.2) is 35.7 Å². The van der Waals surface area contributed by atoms with E-state index in [4.69, 9.17) is 4.74 Å². The van der Waals surface area contributed by atoms with Crippen molar-refractivity contribution in [3.63, 3.8) is 0 Å². The Labute approximate surface area is 164 Å². The van der Waals surface area contributed by atoms with Crippen LogP contribution in [-0.2, 0) is 14.3 Å². The molecule has 1 amide bonds. The zero-order valence-corrected chi connectivity index (χ0v) is 15.4. The SMILES string of the molecule is O=C(O)[C@@H]1[C@H](C(=O)NCCC(c2ccccc2)c2ccccc2)[C@H]2C=C[C@@H]1O2. The molecule has 2 aromatic carbocycles. The van der Waals surface area contributed by atoms with Crippen molar-refractivity contribution in [3.8, 4) is 0 Å². The molecule has 2 aliphatic heterocycles. The number of hydrogen-bond donors (Lipinski definition) is 2. The normalized spacial score (nSPS) is 25.2. The lowest BCUT2D eigenvalue weighted by molar-refractivity contribution is -0.146. The lowest BCUT2D eigenvalue weighted by Crippen LogP contribution is -2.42. The van der Waals surface area contributed by atoms with Crippen LogP contribution in [0.25, 0.3) is 0 Å². The molecule has 2 aromatic rings. The van der Waals surface area contributed by atoms with Crippen LogP contribution >= 0.6 is 0 Å². The number of rotatable bonds is 7. The van der Waals surface area contributed by atoms with Gasteiger partial charge in [0.1, 0.15) is 5.92 Å². The highest BCUT2D eigenvalue weighted by Crippen LogP contribution is 2.39. The van der Waals surface area contributed by atoms with Crippen molar-refractivity contribution in [2.24, 2.45) is 11.8 Å². The average molecular weight is 377 g/mol. The Balaban J connectivity index is 1.43.